The molecule has 4 rings (SSSR count). The van der Waals surface area contributed by atoms with Crippen molar-refractivity contribution in [1.29, 1.82) is 0 Å². The van der Waals surface area contributed by atoms with Gasteiger partial charge in [0, 0.05) is 11.4 Å². The molecule has 2 heterocycles. The molecule has 6 heteroatoms. The second-order valence-corrected chi connectivity index (χ2v) is 7.77. The molecule has 5 nitrogen and oxygen atoms in total. The Kier molecular flexibility index (Phi) is 4.84. The molecule has 1 amide bonds. The van der Waals surface area contributed by atoms with Gasteiger partial charge < -0.3 is 10.6 Å². The van der Waals surface area contributed by atoms with Gasteiger partial charge in [0.05, 0.1) is 5.39 Å². The van der Waals surface area contributed by atoms with Gasteiger partial charge >= 0.3 is 0 Å². The van der Waals surface area contributed by atoms with Crippen molar-refractivity contribution < 1.29 is 4.79 Å². The van der Waals surface area contributed by atoms with Gasteiger partial charge in [0.15, 0.2) is 0 Å². The van der Waals surface area contributed by atoms with Crippen LogP contribution >= 0.6 is 11.3 Å². The van der Waals surface area contributed by atoms with Crippen LogP contribution in [0.2, 0.25) is 0 Å². The predicted molar refractivity (Wildman–Crippen MR) is 105 cm³/mol. The fourth-order valence-electron chi connectivity index (χ4n) is 3.41. The lowest BCUT2D eigenvalue weighted by Crippen LogP contribution is -2.37. The van der Waals surface area contributed by atoms with Crippen LogP contribution in [0.15, 0.2) is 36.7 Å². The Hall–Kier alpha value is -2.47. The number of carbonyl (C=O) groups is 1. The average molecular weight is 366 g/mol. The topological polar surface area (TPSA) is 66.9 Å². The van der Waals surface area contributed by atoms with Crippen LogP contribution in [-0.4, -0.2) is 21.9 Å². The largest absolute Gasteiger partial charge is 0.358 e. The van der Waals surface area contributed by atoms with E-state index < -0.39 is 0 Å². The van der Waals surface area contributed by atoms with Gasteiger partial charge in [-0.2, -0.15) is 0 Å². The van der Waals surface area contributed by atoms with Crippen molar-refractivity contribution in [1.82, 2.24) is 15.3 Å². The number of amides is 1. The third kappa shape index (κ3) is 3.42. The monoisotopic (exact) mass is 366 g/mol. The van der Waals surface area contributed by atoms with Crippen LogP contribution in [0, 0.1) is 0 Å². The first kappa shape index (κ1) is 17.0. The lowest BCUT2D eigenvalue weighted by Gasteiger charge is -2.16. The first-order chi connectivity index (χ1) is 12.7. The molecule has 1 aliphatic rings. The second-order valence-electron chi connectivity index (χ2n) is 6.68. The zero-order valence-electron chi connectivity index (χ0n) is 14.8. The molecule has 3 aromatic rings. The molecule has 1 atom stereocenters. The molecule has 1 aliphatic carbocycles. The highest BCUT2D eigenvalue weighted by atomic mass is 32.1. The van der Waals surface area contributed by atoms with Crippen LogP contribution in [0.5, 0.6) is 0 Å². The number of rotatable bonds is 5. The summed E-state index contributed by atoms with van der Waals surface area (Å²) in [5.41, 5.74) is 2.46. The SMILES string of the molecule is CC(Nc1ncnc2sc3c(c12)CCCC3)C(=O)NCc1ccccc1. The van der Waals surface area contributed by atoms with Crippen LogP contribution < -0.4 is 10.6 Å². The second kappa shape index (κ2) is 7.41. The van der Waals surface area contributed by atoms with Gasteiger partial charge in [-0.25, -0.2) is 9.97 Å². The highest BCUT2D eigenvalue weighted by molar-refractivity contribution is 7.19. The van der Waals surface area contributed by atoms with Gasteiger partial charge in [0.1, 0.15) is 23.0 Å². The number of carbonyl (C=O) groups excluding carboxylic acids is 1. The molecule has 0 bridgehead atoms. The maximum Gasteiger partial charge on any atom is 0.242 e. The van der Waals surface area contributed by atoms with Crippen LogP contribution in [0.1, 0.15) is 35.8 Å². The quantitative estimate of drug-likeness (QED) is 0.723. The molecule has 134 valence electrons. The fraction of sp³-hybridized carbons (Fsp3) is 0.350. The van der Waals surface area contributed by atoms with E-state index in [4.69, 9.17) is 0 Å². The number of nitrogens with zero attached hydrogens (tertiary/aromatic N) is 2. The zero-order valence-corrected chi connectivity index (χ0v) is 15.6. The van der Waals surface area contributed by atoms with E-state index in [0.29, 0.717) is 6.54 Å². The van der Waals surface area contributed by atoms with Crippen LogP contribution in [-0.2, 0) is 24.2 Å². The van der Waals surface area contributed by atoms with E-state index in [2.05, 4.69) is 20.6 Å². The summed E-state index contributed by atoms with van der Waals surface area (Å²) in [6, 6.07) is 9.56. The minimum atomic E-state index is -0.365. The third-order valence-corrected chi connectivity index (χ3v) is 6.01. The Morgan fingerprint density at radius 3 is 2.85 bits per heavy atom. The zero-order chi connectivity index (χ0) is 17.9. The van der Waals surface area contributed by atoms with E-state index in [1.54, 1.807) is 17.7 Å². The number of thiophene rings is 1. The Balaban J connectivity index is 1.49. The van der Waals surface area contributed by atoms with Crippen molar-refractivity contribution in [2.45, 2.75) is 45.2 Å². The maximum absolute atomic E-state index is 12.5. The van der Waals surface area contributed by atoms with Gasteiger partial charge in [0.25, 0.3) is 0 Å². The molecule has 0 aliphatic heterocycles. The van der Waals surface area contributed by atoms with Gasteiger partial charge in [0.2, 0.25) is 5.91 Å². The van der Waals surface area contributed by atoms with Crippen molar-refractivity contribution in [2.75, 3.05) is 5.32 Å². The van der Waals surface area contributed by atoms with Crippen molar-refractivity contribution in [2.24, 2.45) is 0 Å². The van der Waals surface area contributed by atoms with Crippen LogP contribution in [0.4, 0.5) is 5.82 Å². The minimum absolute atomic E-state index is 0.0373. The number of nitrogens with one attached hydrogen (secondary N) is 2. The molecule has 0 fully saturated rings. The lowest BCUT2D eigenvalue weighted by atomic mass is 9.97. The van der Waals surface area contributed by atoms with E-state index in [1.165, 1.54) is 23.3 Å². The van der Waals surface area contributed by atoms with E-state index >= 15 is 0 Å². The van der Waals surface area contributed by atoms with Crippen LogP contribution in [0.3, 0.4) is 0 Å². The highest BCUT2D eigenvalue weighted by Crippen LogP contribution is 2.38. The van der Waals surface area contributed by atoms with Crippen molar-refractivity contribution in [3.63, 3.8) is 0 Å². The Morgan fingerprint density at radius 1 is 1.19 bits per heavy atom. The van der Waals surface area contributed by atoms with Crippen molar-refractivity contribution in [3.8, 4) is 0 Å². The summed E-state index contributed by atoms with van der Waals surface area (Å²) in [5.74, 6) is 0.737. The molecule has 1 aromatic carbocycles. The summed E-state index contributed by atoms with van der Waals surface area (Å²) in [6.45, 7) is 2.39. The van der Waals surface area contributed by atoms with Crippen molar-refractivity contribution >= 4 is 33.3 Å². The molecule has 1 unspecified atom stereocenters. The molecular weight excluding hydrogens is 344 g/mol. The Bertz CT molecular complexity index is 922. The smallest absolute Gasteiger partial charge is 0.242 e. The van der Waals surface area contributed by atoms with Gasteiger partial charge in [-0.05, 0) is 43.7 Å². The number of hydrogen-bond donors (Lipinski definition) is 2. The molecule has 0 spiro atoms. The van der Waals surface area contributed by atoms with E-state index in [0.717, 1.165) is 34.4 Å². The van der Waals surface area contributed by atoms with Crippen LogP contribution in [0.25, 0.3) is 10.2 Å². The molecule has 26 heavy (non-hydrogen) atoms. The minimum Gasteiger partial charge on any atom is -0.358 e. The molecular formula is C20H22N4OS. The van der Waals surface area contributed by atoms with E-state index in [9.17, 15) is 4.79 Å². The summed E-state index contributed by atoms with van der Waals surface area (Å²) in [4.78, 5) is 23.8. The standard InChI is InChI=1S/C20H22N4OS/c1-13(19(25)21-11-14-7-3-2-4-8-14)24-18-17-15-9-5-6-10-16(15)26-20(17)23-12-22-18/h2-4,7-8,12-13H,5-6,9-11H2,1H3,(H,21,25)(H,22,23,24). The van der Waals surface area contributed by atoms with Gasteiger partial charge in [-0.1, -0.05) is 30.3 Å². The first-order valence-electron chi connectivity index (χ1n) is 9.06. The van der Waals surface area contributed by atoms with Gasteiger partial charge in [-0.3, -0.25) is 4.79 Å². The van der Waals surface area contributed by atoms with E-state index in [-0.39, 0.29) is 11.9 Å². The molecule has 0 radical (unpaired) electrons. The maximum atomic E-state index is 12.5. The number of fused-ring (bicyclic) bond motifs is 3. The summed E-state index contributed by atoms with van der Waals surface area (Å²) in [6.07, 6.45) is 6.24. The summed E-state index contributed by atoms with van der Waals surface area (Å²) < 4.78 is 0. The number of anilines is 1. The Morgan fingerprint density at radius 2 is 2.00 bits per heavy atom. The van der Waals surface area contributed by atoms with E-state index in [1.807, 2.05) is 37.3 Å². The summed E-state index contributed by atoms with van der Waals surface area (Å²) >= 11 is 1.77. The molecule has 2 N–H and O–H groups in total. The first-order valence-corrected chi connectivity index (χ1v) is 9.87. The molecule has 0 saturated carbocycles. The Labute approximate surface area is 156 Å². The number of benzene rings is 1. The fourth-order valence-corrected chi connectivity index (χ4v) is 4.64. The van der Waals surface area contributed by atoms with Crippen molar-refractivity contribution in [3.05, 3.63) is 52.7 Å². The average Bonchev–Trinajstić information content (AvgIpc) is 3.06. The summed E-state index contributed by atoms with van der Waals surface area (Å²) in [5, 5.41) is 7.39. The predicted octanol–water partition coefficient (Wildman–Crippen LogP) is 3.69. The lowest BCUT2D eigenvalue weighted by molar-refractivity contribution is -0.121. The number of aryl methyl sites for hydroxylation is 2. The molecule has 0 saturated heterocycles. The summed E-state index contributed by atoms with van der Waals surface area (Å²) in [7, 11) is 0. The normalized spacial score (nSPS) is 14.7. The highest BCUT2D eigenvalue weighted by Gasteiger charge is 2.21. The third-order valence-electron chi connectivity index (χ3n) is 4.81. The van der Waals surface area contributed by atoms with Gasteiger partial charge in [-0.15, -0.1) is 11.3 Å². The molecule has 2 aromatic heterocycles. The number of hydrogen-bond acceptors (Lipinski definition) is 5. The number of aromatic nitrogens is 2.